The van der Waals surface area contributed by atoms with E-state index in [0.29, 0.717) is 5.75 Å². The molecular weight excluding hydrogens is 309 g/mol. The van der Waals surface area contributed by atoms with Crippen LogP contribution < -0.4 is 4.74 Å². The second kappa shape index (κ2) is 7.45. The Kier molecular flexibility index (Phi) is 5.11. The summed E-state index contributed by atoms with van der Waals surface area (Å²) in [5.74, 6) is -0.0693. The molecule has 1 aliphatic rings. The highest BCUT2D eigenvalue weighted by atomic mass is 19.1. The Labute approximate surface area is 140 Å². The molecule has 1 atom stereocenters. The highest BCUT2D eigenvalue weighted by Crippen LogP contribution is 2.29. The SMILES string of the molecule is O=C(COc1ccc(F)cc1)N(C[C@@H](O)c1ccccc1)C1CC1. The zero-order valence-electron chi connectivity index (χ0n) is 13.3. The summed E-state index contributed by atoms with van der Waals surface area (Å²) in [4.78, 5) is 14.1. The first kappa shape index (κ1) is 16.5. The number of nitrogens with zero attached hydrogens (tertiary/aromatic N) is 1. The van der Waals surface area contributed by atoms with Crippen molar-refractivity contribution in [3.8, 4) is 5.75 Å². The van der Waals surface area contributed by atoms with E-state index in [0.717, 1.165) is 18.4 Å². The minimum atomic E-state index is -0.721. The van der Waals surface area contributed by atoms with Crippen LogP contribution in [-0.2, 0) is 4.79 Å². The summed E-state index contributed by atoms with van der Waals surface area (Å²) in [7, 11) is 0. The number of aliphatic hydroxyl groups is 1. The van der Waals surface area contributed by atoms with Crippen LogP contribution in [0.3, 0.4) is 0 Å². The van der Waals surface area contributed by atoms with Crippen LogP contribution in [0.5, 0.6) is 5.75 Å². The molecule has 3 rings (SSSR count). The fourth-order valence-corrected chi connectivity index (χ4v) is 2.57. The summed E-state index contributed by atoms with van der Waals surface area (Å²) >= 11 is 0. The van der Waals surface area contributed by atoms with Crippen LogP contribution in [0.1, 0.15) is 24.5 Å². The highest BCUT2D eigenvalue weighted by Gasteiger charge is 2.34. The van der Waals surface area contributed by atoms with Gasteiger partial charge < -0.3 is 14.7 Å². The van der Waals surface area contributed by atoms with E-state index in [1.165, 1.54) is 24.3 Å². The molecule has 0 heterocycles. The van der Waals surface area contributed by atoms with Crippen molar-refractivity contribution in [1.82, 2.24) is 4.90 Å². The molecule has 2 aromatic rings. The normalized spacial score (nSPS) is 14.9. The van der Waals surface area contributed by atoms with E-state index in [2.05, 4.69) is 0 Å². The molecule has 24 heavy (non-hydrogen) atoms. The molecular formula is C19H20FNO3. The molecule has 5 heteroatoms. The average molecular weight is 329 g/mol. The predicted octanol–water partition coefficient (Wildman–Crippen LogP) is 2.93. The number of hydrogen-bond donors (Lipinski definition) is 1. The third-order valence-corrected chi connectivity index (χ3v) is 4.04. The number of halogens is 1. The van der Waals surface area contributed by atoms with Crippen molar-refractivity contribution in [2.24, 2.45) is 0 Å². The van der Waals surface area contributed by atoms with Crippen molar-refractivity contribution in [1.29, 1.82) is 0 Å². The van der Waals surface area contributed by atoms with Crippen molar-refractivity contribution < 1.29 is 19.0 Å². The van der Waals surface area contributed by atoms with Crippen LogP contribution >= 0.6 is 0 Å². The van der Waals surface area contributed by atoms with Gasteiger partial charge in [-0.05, 0) is 42.7 Å². The molecule has 0 spiro atoms. The number of ether oxygens (including phenoxy) is 1. The monoisotopic (exact) mass is 329 g/mol. The van der Waals surface area contributed by atoms with Crippen molar-refractivity contribution in [2.75, 3.05) is 13.2 Å². The van der Waals surface area contributed by atoms with Crippen molar-refractivity contribution in [3.05, 3.63) is 66.0 Å². The van der Waals surface area contributed by atoms with Gasteiger partial charge in [0.25, 0.3) is 5.91 Å². The van der Waals surface area contributed by atoms with Crippen LogP contribution in [0.15, 0.2) is 54.6 Å². The zero-order valence-corrected chi connectivity index (χ0v) is 13.3. The Morgan fingerprint density at radius 2 is 1.83 bits per heavy atom. The molecule has 1 N–H and O–H groups in total. The highest BCUT2D eigenvalue weighted by molar-refractivity contribution is 5.78. The number of rotatable bonds is 7. The van der Waals surface area contributed by atoms with Gasteiger partial charge in [-0.15, -0.1) is 0 Å². The maximum atomic E-state index is 12.9. The Bertz CT molecular complexity index is 671. The maximum absolute atomic E-state index is 12.9. The summed E-state index contributed by atoms with van der Waals surface area (Å²) in [5, 5.41) is 10.4. The molecule has 126 valence electrons. The van der Waals surface area contributed by atoms with Gasteiger partial charge in [0.2, 0.25) is 0 Å². The summed E-state index contributed by atoms with van der Waals surface area (Å²) in [6, 6.07) is 15.0. The molecule has 0 unspecified atom stereocenters. The number of aliphatic hydroxyl groups excluding tert-OH is 1. The molecule has 0 saturated heterocycles. The topological polar surface area (TPSA) is 49.8 Å². The van der Waals surface area contributed by atoms with Gasteiger partial charge in [0, 0.05) is 6.04 Å². The maximum Gasteiger partial charge on any atom is 0.260 e. The molecule has 1 amide bonds. The third-order valence-electron chi connectivity index (χ3n) is 4.04. The first-order valence-corrected chi connectivity index (χ1v) is 8.04. The van der Waals surface area contributed by atoms with E-state index >= 15 is 0 Å². The van der Waals surface area contributed by atoms with Gasteiger partial charge in [-0.2, -0.15) is 0 Å². The van der Waals surface area contributed by atoms with Crippen LogP contribution in [0.2, 0.25) is 0 Å². The van der Waals surface area contributed by atoms with Gasteiger partial charge >= 0.3 is 0 Å². The number of amides is 1. The number of carbonyl (C=O) groups is 1. The first-order chi connectivity index (χ1) is 11.6. The van der Waals surface area contributed by atoms with E-state index in [4.69, 9.17) is 4.74 Å². The minimum absolute atomic E-state index is 0.121. The lowest BCUT2D eigenvalue weighted by Gasteiger charge is -2.25. The van der Waals surface area contributed by atoms with Crippen LogP contribution in [0.25, 0.3) is 0 Å². The summed E-state index contributed by atoms with van der Waals surface area (Å²) in [5.41, 5.74) is 0.787. The fourth-order valence-electron chi connectivity index (χ4n) is 2.57. The fraction of sp³-hybridized carbons (Fsp3) is 0.316. The van der Waals surface area contributed by atoms with E-state index < -0.39 is 6.10 Å². The third kappa shape index (κ3) is 4.32. The quantitative estimate of drug-likeness (QED) is 0.850. The Balaban J connectivity index is 1.58. The van der Waals surface area contributed by atoms with Gasteiger partial charge in [0.05, 0.1) is 12.6 Å². The average Bonchev–Trinajstić information content (AvgIpc) is 3.44. The predicted molar refractivity (Wildman–Crippen MR) is 88.0 cm³/mol. The molecule has 1 saturated carbocycles. The van der Waals surface area contributed by atoms with Crippen molar-refractivity contribution in [3.63, 3.8) is 0 Å². The Morgan fingerprint density at radius 3 is 2.46 bits per heavy atom. The standard InChI is InChI=1S/C19H20FNO3/c20-15-6-10-17(11-7-15)24-13-19(23)21(16-8-9-16)12-18(22)14-4-2-1-3-5-14/h1-7,10-11,16,18,22H,8-9,12-13H2/t18-/m1/s1. The van der Waals surface area contributed by atoms with Gasteiger partial charge in [-0.1, -0.05) is 30.3 Å². The second-order valence-electron chi connectivity index (χ2n) is 5.95. The van der Waals surface area contributed by atoms with E-state index in [9.17, 15) is 14.3 Å². The zero-order chi connectivity index (χ0) is 16.9. The van der Waals surface area contributed by atoms with Crippen LogP contribution in [0, 0.1) is 5.82 Å². The lowest BCUT2D eigenvalue weighted by atomic mass is 10.1. The Hall–Kier alpha value is -2.40. The first-order valence-electron chi connectivity index (χ1n) is 8.04. The lowest BCUT2D eigenvalue weighted by molar-refractivity contribution is -0.135. The van der Waals surface area contributed by atoms with Gasteiger partial charge in [-0.25, -0.2) is 4.39 Å². The number of hydrogen-bond acceptors (Lipinski definition) is 3. The Morgan fingerprint density at radius 1 is 1.17 bits per heavy atom. The van der Waals surface area contributed by atoms with E-state index in [1.54, 1.807) is 4.90 Å². The van der Waals surface area contributed by atoms with E-state index in [-0.39, 0.29) is 30.9 Å². The lowest BCUT2D eigenvalue weighted by Crippen LogP contribution is -2.39. The molecule has 1 fully saturated rings. The van der Waals surface area contributed by atoms with Crippen LogP contribution in [0.4, 0.5) is 4.39 Å². The minimum Gasteiger partial charge on any atom is -0.484 e. The molecule has 1 aliphatic carbocycles. The molecule has 0 bridgehead atoms. The largest absolute Gasteiger partial charge is 0.484 e. The smallest absolute Gasteiger partial charge is 0.260 e. The second-order valence-corrected chi connectivity index (χ2v) is 5.95. The van der Waals surface area contributed by atoms with Crippen molar-refractivity contribution in [2.45, 2.75) is 25.0 Å². The molecule has 0 aliphatic heterocycles. The van der Waals surface area contributed by atoms with Gasteiger partial charge in [0.15, 0.2) is 6.61 Å². The summed E-state index contributed by atoms with van der Waals surface area (Å²) in [6.45, 7) is 0.129. The summed E-state index contributed by atoms with van der Waals surface area (Å²) in [6.07, 6.45) is 1.18. The van der Waals surface area contributed by atoms with Gasteiger partial charge in [-0.3, -0.25) is 4.79 Å². The molecule has 2 aromatic carbocycles. The molecule has 0 radical (unpaired) electrons. The molecule has 0 aromatic heterocycles. The summed E-state index contributed by atoms with van der Waals surface area (Å²) < 4.78 is 18.3. The van der Waals surface area contributed by atoms with Crippen molar-refractivity contribution >= 4 is 5.91 Å². The van der Waals surface area contributed by atoms with Crippen LogP contribution in [-0.4, -0.2) is 35.1 Å². The van der Waals surface area contributed by atoms with E-state index in [1.807, 2.05) is 30.3 Å². The number of carbonyl (C=O) groups excluding carboxylic acids is 1. The molecule has 4 nitrogen and oxygen atoms in total. The number of benzene rings is 2. The van der Waals surface area contributed by atoms with Gasteiger partial charge in [0.1, 0.15) is 11.6 Å².